The van der Waals surface area contributed by atoms with Crippen LogP contribution in [0, 0.1) is 12.3 Å². The number of carbonyl (C=O) groups excluding carboxylic acids is 1. The van der Waals surface area contributed by atoms with Gasteiger partial charge in [-0.25, -0.2) is 0 Å². The Hall–Kier alpha value is -2.46. The van der Waals surface area contributed by atoms with E-state index in [-0.39, 0.29) is 25.4 Å². The van der Waals surface area contributed by atoms with E-state index in [1.54, 1.807) is 0 Å². The van der Waals surface area contributed by atoms with Crippen molar-refractivity contribution in [2.24, 2.45) is 5.11 Å². The molecule has 322 valence electrons. The fraction of sp³-hybridized carbons (Fsp3) is 0.903. The Balaban J connectivity index is 0.000000307. The molecule has 0 radical (unpaired) electrons. The molecule has 4 fully saturated rings. The van der Waals surface area contributed by atoms with Crippen molar-refractivity contribution >= 4 is 5.91 Å². The molecule has 4 saturated heterocycles. The lowest BCUT2D eigenvalue weighted by molar-refractivity contribution is -0.374. The molecule has 0 bridgehead atoms. The van der Waals surface area contributed by atoms with Gasteiger partial charge in [0, 0.05) is 24.3 Å². The Bertz CT molecular complexity index is 1290. The molecule has 1 amide bonds. The third kappa shape index (κ3) is 12.0. The maximum atomic E-state index is 11.9. The molecular weight excluding hydrogens is 764 g/mol. The van der Waals surface area contributed by atoms with Crippen LogP contribution in [0.1, 0.15) is 25.7 Å². The number of hydrogen-bond acceptors (Lipinski definition) is 22. The Labute approximate surface area is 318 Å². The Morgan fingerprint density at radius 2 is 0.982 bits per heavy atom. The average molecular weight is 817 g/mol. The second-order valence-electron chi connectivity index (χ2n) is 13.3. The minimum absolute atomic E-state index is 0.201. The SMILES string of the molecule is C#CCCCCC(=O)NCC1O[C@H](O[C@H]2OC(CO)[C@@H](O)C(O)[C@H]2O)C(O)[C@@H](O)[C@@H]1O.[N-]=[N+]=NCC1O[C@H](O[C@H]2OC(CO)[C@@H](O)C(O)[C@H]2O)C(O)[C@@H](O)[C@@H]1O. The monoisotopic (exact) mass is 816 g/mol. The van der Waals surface area contributed by atoms with Crippen molar-refractivity contribution in [1.82, 2.24) is 5.32 Å². The van der Waals surface area contributed by atoms with Crippen LogP contribution >= 0.6 is 0 Å². The van der Waals surface area contributed by atoms with Crippen molar-refractivity contribution in [3.8, 4) is 12.3 Å². The molecule has 0 aromatic carbocycles. The van der Waals surface area contributed by atoms with E-state index in [4.69, 9.17) is 45.5 Å². The molecule has 4 rings (SSSR count). The van der Waals surface area contributed by atoms with Gasteiger partial charge in [-0.05, 0) is 18.4 Å². The van der Waals surface area contributed by atoms with Crippen molar-refractivity contribution in [2.45, 2.75) is 149 Å². The highest BCUT2D eigenvalue weighted by Crippen LogP contribution is 2.30. The maximum absolute atomic E-state index is 11.9. The zero-order valence-electron chi connectivity index (χ0n) is 29.7. The molecule has 0 aromatic rings. The van der Waals surface area contributed by atoms with Crippen LogP contribution in [0.3, 0.4) is 0 Å². The smallest absolute Gasteiger partial charge is 0.220 e. The van der Waals surface area contributed by atoms with Crippen molar-refractivity contribution in [3.05, 3.63) is 10.4 Å². The molecule has 0 aliphatic carbocycles. The van der Waals surface area contributed by atoms with Gasteiger partial charge in [-0.15, -0.1) is 12.3 Å². The van der Waals surface area contributed by atoms with Crippen molar-refractivity contribution < 1.29 is 105 Å². The Morgan fingerprint density at radius 3 is 1.38 bits per heavy atom. The number of aliphatic hydroxyl groups is 14. The number of nitrogens with one attached hydrogen (secondary N) is 1. The molecule has 0 saturated carbocycles. The van der Waals surface area contributed by atoms with Crippen molar-refractivity contribution in [3.63, 3.8) is 0 Å². The summed E-state index contributed by atoms with van der Waals surface area (Å²) < 4.78 is 31.5. The zero-order valence-corrected chi connectivity index (χ0v) is 29.7. The molecule has 8 unspecified atom stereocenters. The zero-order chi connectivity index (χ0) is 41.9. The van der Waals surface area contributed by atoms with Crippen LogP contribution in [-0.4, -0.2) is 227 Å². The first-order valence-corrected chi connectivity index (χ1v) is 17.5. The normalized spacial score (nSPS) is 44.0. The predicted octanol–water partition coefficient (Wildman–Crippen LogP) is -8.16. The van der Waals surface area contributed by atoms with Gasteiger partial charge < -0.3 is 105 Å². The summed E-state index contributed by atoms with van der Waals surface area (Å²) in [6, 6.07) is 0. The first-order chi connectivity index (χ1) is 26.5. The van der Waals surface area contributed by atoms with Gasteiger partial charge in [-0.2, -0.15) is 0 Å². The molecule has 15 N–H and O–H groups in total. The molecule has 25 heteroatoms. The van der Waals surface area contributed by atoms with Crippen LogP contribution in [0.4, 0.5) is 0 Å². The van der Waals surface area contributed by atoms with E-state index in [1.807, 2.05) is 0 Å². The second-order valence-corrected chi connectivity index (χ2v) is 13.3. The molecule has 20 atom stereocenters. The van der Waals surface area contributed by atoms with Crippen LogP contribution < -0.4 is 5.32 Å². The molecule has 0 aromatic heterocycles. The average Bonchev–Trinajstić information content (AvgIpc) is 3.19. The first kappa shape index (κ1) is 47.9. The minimum atomic E-state index is -1.75. The summed E-state index contributed by atoms with van der Waals surface area (Å²) in [6.07, 6.45) is -24.3. The topological polar surface area (TPSA) is 416 Å². The van der Waals surface area contributed by atoms with Crippen molar-refractivity contribution in [2.75, 3.05) is 26.3 Å². The molecule has 0 spiro atoms. The molecule has 25 nitrogen and oxygen atoms in total. The third-order valence-electron chi connectivity index (χ3n) is 9.37. The van der Waals surface area contributed by atoms with Crippen molar-refractivity contribution in [1.29, 1.82) is 0 Å². The highest BCUT2D eigenvalue weighted by atomic mass is 16.8. The van der Waals surface area contributed by atoms with Gasteiger partial charge in [0.2, 0.25) is 5.91 Å². The van der Waals surface area contributed by atoms with Crippen LogP contribution in [0.15, 0.2) is 5.11 Å². The van der Waals surface area contributed by atoms with Gasteiger partial charge >= 0.3 is 0 Å². The summed E-state index contributed by atoms with van der Waals surface area (Å²) in [5, 5.41) is 143. The first-order valence-electron chi connectivity index (χ1n) is 17.5. The van der Waals surface area contributed by atoms with E-state index in [0.717, 1.165) is 0 Å². The number of azide groups is 1. The number of unbranched alkanes of at least 4 members (excludes halogenated alkanes) is 2. The van der Waals surface area contributed by atoms with E-state index in [2.05, 4.69) is 21.3 Å². The fourth-order valence-electron chi connectivity index (χ4n) is 5.93. The number of aliphatic hydroxyl groups excluding tert-OH is 14. The molecule has 4 aliphatic heterocycles. The van der Waals surface area contributed by atoms with E-state index < -0.39 is 136 Å². The Morgan fingerprint density at radius 1 is 0.607 bits per heavy atom. The number of nitrogens with zero attached hydrogens (tertiary/aromatic N) is 3. The van der Waals surface area contributed by atoms with E-state index >= 15 is 0 Å². The third-order valence-corrected chi connectivity index (χ3v) is 9.37. The van der Waals surface area contributed by atoms with Crippen LogP contribution in [0.25, 0.3) is 10.4 Å². The summed E-state index contributed by atoms with van der Waals surface area (Å²) in [6.45, 7) is -1.93. The van der Waals surface area contributed by atoms with Gasteiger partial charge in [0.05, 0.1) is 25.9 Å². The quantitative estimate of drug-likeness (QED) is 0.0254. The summed E-state index contributed by atoms with van der Waals surface area (Å²) in [5.74, 6) is 2.15. The lowest BCUT2D eigenvalue weighted by Gasteiger charge is -2.44. The van der Waals surface area contributed by atoms with E-state index in [1.165, 1.54) is 0 Å². The van der Waals surface area contributed by atoms with Crippen LogP contribution in [-0.2, 0) is 33.2 Å². The number of amides is 1. The van der Waals surface area contributed by atoms with Gasteiger partial charge in [-0.3, -0.25) is 4.79 Å². The summed E-state index contributed by atoms with van der Waals surface area (Å²) in [5.41, 5.74) is 8.32. The fourth-order valence-corrected chi connectivity index (χ4v) is 5.93. The predicted molar refractivity (Wildman–Crippen MR) is 177 cm³/mol. The standard InChI is InChI=1S/C19H31NO11.C12H21N3O10/c1-2-3-4-5-6-11(22)20-7-9-12(23)14(25)16(27)18(29-9)31-19-17(28)15(26)13(24)10(8-21)30-19;13-15-14-1-3-5(17)7(19)9(21)11(23-3)25-12-10(22)8(20)6(18)4(2-16)24-12/h1,9-10,12-19,21,23-28H,3-8H2,(H,20,22);3-12,16-22H,1-2H2/t9?,10?,12-,13-,14+,15?,16?,17-,18-,19-;3?,4?,5-,6-,7+,8?,9?,10-,11-,12-/m11/s1. The second kappa shape index (κ2) is 22.6. The minimum Gasteiger partial charge on any atom is -0.394 e. The van der Waals surface area contributed by atoms with Gasteiger partial charge in [-0.1, -0.05) is 5.11 Å². The summed E-state index contributed by atoms with van der Waals surface area (Å²) >= 11 is 0. The van der Waals surface area contributed by atoms with Gasteiger partial charge in [0.25, 0.3) is 0 Å². The molecule has 4 aliphatic rings. The summed E-state index contributed by atoms with van der Waals surface area (Å²) in [4.78, 5) is 14.4. The van der Waals surface area contributed by atoms with Crippen LogP contribution in [0.2, 0.25) is 0 Å². The lowest BCUT2D eigenvalue weighted by atomic mass is 9.98. The van der Waals surface area contributed by atoms with Gasteiger partial charge in [0.1, 0.15) is 91.6 Å². The molecule has 4 heterocycles. The Kier molecular flexibility index (Phi) is 19.4. The number of ether oxygens (including phenoxy) is 6. The van der Waals surface area contributed by atoms with E-state index in [9.17, 15) is 71.2 Å². The summed E-state index contributed by atoms with van der Waals surface area (Å²) in [7, 11) is 0. The number of carbonyl (C=O) groups is 1. The van der Waals surface area contributed by atoms with E-state index in [0.29, 0.717) is 19.3 Å². The van der Waals surface area contributed by atoms with Crippen LogP contribution in [0.5, 0.6) is 0 Å². The number of hydrogen-bond donors (Lipinski definition) is 15. The molecular formula is C31H52N4O21. The maximum Gasteiger partial charge on any atom is 0.220 e. The lowest BCUT2D eigenvalue weighted by Crippen LogP contribution is -2.64. The highest BCUT2D eigenvalue weighted by molar-refractivity contribution is 5.75. The molecule has 56 heavy (non-hydrogen) atoms. The highest BCUT2D eigenvalue weighted by Gasteiger charge is 2.51. The largest absolute Gasteiger partial charge is 0.394 e. The number of rotatable bonds is 14. The number of terminal acetylenes is 1. The van der Waals surface area contributed by atoms with Gasteiger partial charge in [0.15, 0.2) is 25.2 Å².